The van der Waals surface area contributed by atoms with Gasteiger partial charge in [-0.15, -0.1) is 0 Å². The molecular weight excluding hydrogens is 316 g/mol. The minimum atomic E-state index is -0.559. The van der Waals surface area contributed by atoms with Gasteiger partial charge in [0, 0.05) is 13.3 Å². The third kappa shape index (κ3) is 4.11. The summed E-state index contributed by atoms with van der Waals surface area (Å²) in [6, 6.07) is 17.5. The highest BCUT2D eigenvalue weighted by Crippen LogP contribution is 2.18. The van der Waals surface area contributed by atoms with Gasteiger partial charge in [0.25, 0.3) is 5.91 Å². The van der Waals surface area contributed by atoms with Crippen molar-refractivity contribution in [2.75, 3.05) is 0 Å². The maximum Gasteiger partial charge on any atom is 0.269 e. The first-order chi connectivity index (χ1) is 12.1. The molecule has 2 N–H and O–H groups in total. The van der Waals surface area contributed by atoms with Crippen LogP contribution in [0.15, 0.2) is 65.8 Å². The fourth-order valence-corrected chi connectivity index (χ4v) is 2.34. The molecule has 6 heteroatoms. The largest absolute Gasteiger partial charge is 0.489 e. The second-order valence-corrected chi connectivity index (χ2v) is 5.47. The number of carbonyl (C=O) groups is 1. The Morgan fingerprint density at radius 2 is 1.92 bits per heavy atom. The molecule has 0 spiro atoms. The number of aryl methyl sites for hydroxylation is 1. The Kier molecular flexibility index (Phi) is 4.89. The number of carbonyl (C=O) groups excluding carboxylic acids is 1. The van der Waals surface area contributed by atoms with E-state index in [0.29, 0.717) is 12.3 Å². The van der Waals surface area contributed by atoms with Crippen molar-refractivity contribution in [2.24, 2.45) is 17.8 Å². The van der Waals surface area contributed by atoms with E-state index in [4.69, 9.17) is 10.5 Å². The molecule has 0 aliphatic heterocycles. The molecule has 3 aromatic rings. The monoisotopic (exact) mass is 334 g/mol. The molecule has 0 radical (unpaired) electrons. The average molecular weight is 334 g/mol. The van der Waals surface area contributed by atoms with Crippen molar-refractivity contribution in [3.63, 3.8) is 0 Å². The molecule has 1 heterocycles. The fourth-order valence-electron chi connectivity index (χ4n) is 2.34. The number of aliphatic imine (C=N–C) groups is 1. The highest BCUT2D eigenvalue weighted by atomic mass is 16.5. The lowest BCUT2D eigenvalue weighted by atomic mass is 10.2. The predicted molar refractivity (Wildman–Crippen MR) is 96.2 cm³/mol. The fraction of sp³-hybridized carbons (Fsp3) is 0.105. The van der Waals surface area contributed by atoms with Crippen LogP contribution in [0.25, 0.3) is 0 Å². The number of rotatable bonds is 6. The standard InChI is InChI=1S/C19H18N4O2/c1-23-18(19(20)24)17(12-22-23)21-11-14-7-9-16(10-8-14)25-13-15-5-3-2-4-6-15/h2-12H,13H2,1H3,(H2,20,24). The molecule has 0 bridgehead atoms. The lowest BCUT2D eigenvalue weighted by Crippen LogP contribution is -2.15. The van der Waals surface area contributed by atoms with E-state index in [2.05, 4.69) is 10.1 Å². The maximum absolute atomic E-state index is 11.4. The van der Waals surface area contributed by atoms with Gasteiger partial charge in [0.2, 0.25) is 0 Å². The predicted octanol–water partition coefficient (Wildman–Crippen LogP) is 2.85. The van der Waals surface area contributed by atoms with Crippen LogP contribution >= 0.6 is 0 Å². The molecule has 3 rings (SSSR count). The second-order valence-electron chi connectivity index (χ2n) is 5.47. The van der Waals surface area contributed by atoms with Gasteiger partial charge in [0.05, 0.1) is 6.20 Å². The summed E-state index contributed by atoms with van der Waals surface area (Å²) in [6.45, 7) is 0.520. The first-order valence-corrected chi connectivity index (χ1v) is 7.76. The summed E-state index contributed by atoms with van der Waals surface area (Å²) in [4.78, 5) is 15.7. The minimum absolute atomic E-state index is 0.277. The van der Waals surface area contributed by atoms with Gasteiger partial charge in [-0.05, 0) is 35.4 Å². The van der Waals surface area contributed by atoms with E-state index in [0.717, 1.165) is 16.9 Å². The number of amides is 1. The SMILES string of the molecule is Cn1ncc(N=Cc2ccc(OCc3ccccc3)cc2)c1C(N)=O. The van der Waals surface area contributed by atoms with E-state index < -0.39 is 5.91 Å². The quantitative estimate of drug-likeness (QED) is 0.704. The Bertz CT molecular complexity index is 884. The Labute approximate surface area is 145 Å². The summed E-state index contributed by atoms with van der Waals surface area (Å²) >= 11 is 0. The van der Waals surface area contributed by atoms with Gasteiger partial charge in [-0.1, -0.05) is 30.3 Å². The van der Waals surface area contributed by atoms with Crippen LogP contribution in [0.2, 0.25) is 0 Å². The van der Waals surface area contributed by atoms with Crippen LogP contribution in [-0.2, 0) is 13.7 Å². The molecular formula is C19H18N4O2. The zero-order valence-corrected chi connectivity index (χ0v) is 13.8. The normalized spacial score (nSPS) is 10.9. The average Bonchev–Trinajstić information content (AvgIpc) is 3.01. The van der Waals surface area contributed by atoms with E-state index >= 15 is 0 Å². The molecule has 0 aliphatic rings. The molecule has 0 fully saturated rings. The van der Waals surface area contributed by atoms with Gasteiger partial charge in [-0.2, -0.15) is 5.10 Å². The third-order valence-electron chi connectivity index (χ3n) is 3.63. The number of aromatic nitrogens is 2. The van der Waals surface area contributed by atoms with E-state index in [1.165, 1.54) is 10.9 Å². The number of nitrogens with two attached hydrogens (primary N) is 1. The molecule has 126 valence electrons. The highest BCUT2D eigenvalue weighted by Gasteiger charge is 2.12. The maximum atomic E-state index is 11.4. The van der Waals surface area contributed by atoms with Crippen molar-refractivity contribution in [2.45, 2.75) is 6.61 Å². The van der Waals surface area contributed by atoms with Crippen molar-refractivity contribution >= 4 is 17.8 Å². The first-order valence-electron chi connectivity index (χ1n) is 7.76. The van der Waals surface area contributed by atoms with Crippen molar-refractivity contribution in [1.29, 1.82) is 0 Å². The number of nitrogens with zero attached hydrogens (tertiary/aromatic N) is 3. The molecule has 1 amide bonds. The number of hydrogen-bond donors (Lipinski definition) is 1. The number of hydrogen-bond acceptors (Lipinski definition) is 4. The van der Waals surface area contributed by atoms with E-state index in [1.807, 2.05) is 54.6 Å². The highest BCUT2D eigenvalue weighted by molar-refractivity contribution is 5.97. The van der Waals surface area contributed by atoms with Crippen LogP contribution in [-0.4, -0.2) is 21.9 Å². The summed E-state index contributed by atoms with van der Waals surface area (Å²) in [5, 5.41) is 4.00. The Hall–Kier alpha value is -3.41. The van der Waals surface area contributed by atoms with Gasteiger partial charge in [0.1, 0.15) is 18.0 Å². The molecule has 0 aliphatic carbocycles. The molecule has 1 aromatic heterocycles. The van der Waals surface area contributed by atoms with E-state index in [-0.39, 0.29) is 5.69 Å². The molecule has 0 atom stereocenters. The zero-order chi connectivity index (χ0) is 17.6. The van der Waals surface area contributed by atoms with Crippen molar-refractivity contribution in [3.05, 3.63) is 77.6 Å². The second kappa shape index (κ2) is 7.44. The van der Waals surface area contributed by atoms with Crippen molar-refractivity contribution < 1.29 is 9.53 Å². The van der Waals surface area contributed by atoms with E-state index in [9.17, 15) is 4.79 Å². The molecule has 0 unspecified atom stereocenters. The number of ether oxygens (including phenoxy) is 1. The van der Waals surface area contributed by atoms with Crippen LogP contribution in [0.5, 0.6) is 5.75 Å². The summed E-state index contributed by atoms with van der Waals surface area (Å²) in [7, 11) is 1.65. The third-order valence-corrected chi connectivity index (χ3v) is 3.63. The Morgan fingerprint density at radius 3 is 2.60 bits per heavy atom. The lowest BCUT2D eigenvalue weighted by Gasteiger charge is -2.06. The van der Waals surface area contributed by atoms with Crippen LogP contribution in [0, 0.1) is 0 Å². The van der Waals surface area contributed by atoms with Gasteiger partial charge in [0.15, 0.2) is 5.69 Å². The van der Waals surface area contributed by atoms with Crippen LogP contribution in [0.3, 0.4) is 0 Å². The van der Waals surface area contributed by atoms with E-state index in [1.54, 1.807) is 13.3 Å². The smallest absolute Gasteiger partial charge is 0.269 e. The van der Waals surface area contributed by atoms with Crippen LogP contribution < -0.4 is 10.5 Å². The summed E-state index contributed by atoms with van der Waals surface area (Å²) < 4.78 is 7.16. The Balaban J connectivity index is 1.66. The summed E-state index contributed by atoms with van der Waals surface area (Å²) in [6.07, 6.45) is 3.17. The van der Waals surface area contributed by atoms with Gasteiger partial charge < -0.3 is 10.5 Å². The van der Waals surface area contributed by atoms with Gasteiger partial charge in [-0.3, -0.25) is 14.5 Å². The zero-order valence-electron chi connectivity index (χ0n) is 13.8. The van der Waals surface area contributed by atoms with Gasteiger partial charge >= 0.3 is 0 Å². The van der Waals surface area contributed by atoms with Crippen LogP contribution in [0.1, 0.15) is 21.6 Å². The number of benzene rings is 2. The molecule has 2 aromatic carbocycles. The lowest BCUT2D eigenvalue weighted by molar-refractivity contribution is 0.0992. The van der Waals surface area contributed by atoms with Gasteiger partial charge in [-0.25, -0.2) is 0 Å². The van der Waals surface area contributed by atoms with Crippen molar-refractivity contribution in [3.8, 4) is 5.75 Å². The number of primary amides is 1. The molecule has 25 heavy (non-hydrogen) atoms. The topological polar surface area (TPSA) is 82.5 Å². The van der Waals surface area contributed by atoms with Crippen molar-refractivity contribution in [1.82, 2.24) is 9.78 Å². The molecule has 0 saturated carbocycles. The molecule has 6 nitrogen and oxygen atoms in total. The first kappa shape index (κ1) is 16.4. The minimum Gasteiger partial charge on any atom is -0.489 e. The van der Waals surface area contributed by atoms with Crippen LogP contribution in [0.4, 0.5) is 5.69 Å². The Morgan fingerprint density at radius 1 is 1.20 bits per heavy atom. The summed E-state index contributed by atoms with van der Waals surface area (Å²) in [5.41, 5.74) is 8.06. The summed E-state index contributed by atoms with van der Waals surface area (Å²) in [5.74, 6) is 0.219. The molecule has 0 saturated heterocycles.